The van der Waals surface area contributed by atoms with Gasteiger partial charge in [-0.15, -0.1) is 0 Å². The van der Waals surface area contributed by atoms with Gasteiger partial charge < -0.3 is 30.9 Å². The number of alkyl halides is 3. The second kappa shape index (κ2) is 10.3. The number of rotatable bonds is 8. The van der Waals surface area contributed by atoms with Crippen molar-refractivity contribution in [2.75, 3.05) is 6.54 Å². The van der Waals surface area contributed by atoms with Crippen LogP contribution >= 0.6 is 0 Å². The van der Waals surface area contributed by atoms with Gasteiger partial charge in [0.25, 0.3) is 5.91 Å². The van der Waals surface area contributed by atoms with Crippen LogP contribution in [0.25, 0.3) is 0 Å². The number of halogens is 3. The van der Waals surface area contributed by atoms with Crippen LogP contribution in [0.4, 0.5) is 13.2 Å². The number of hydrogen-bond donors (Lipinski definition) is 6. The predicted molar refractivity (Wildman–Crippen MR) is 129 cm³/mol. The second-order valence-electron chi connectivity index (χ2n) is 9.66. The van der Waals surface area contributed by atoms with E-state index in [4.69, 9.17) is 10.1 Å². The van der Waals surface area contributed by atoms with Crippen molar-refractivity contribution < 1.29 is 32.9 Å². The number of dihydropyridines is 1. The number of carbonyl (C=O) groups excluding carboxylic acids is 1. The molecule has 200 valence electrons. The third-order valence-electron chi connectivity index (χ3n) is 5.25. The third kappa shape index (κ3) is 7.40. The molecule has 37 heavy (non-hydrogen) atoms. The summed E-state index contributed by atoms with van der Waals surface area (Å²) in [5.41, 5.74) is -2.94. The summed E-state index contributed by atoms with van der Waals surface area (Å²) in [6, 6.07) is 2.15. The highest BCUT2D eigenvalue weighted by molar-refractivity contribution is 6.20. The van der Waals surface area contributed by atoms with Crippen LogP contribution in [0.2, 0.25) is 0 Å². The van der Waals surface area contributed by atoms with Crippen LogP contribution in [-0.4, -0.2) is 50.4 Å². The molecule has 1 aromatic rings. The molecule has 0 bridgehead atoms. The summed E-state index contributed by atoms with van der Waals surface area (Å²) in [5.74, 6) is -0.843. The molecule has 3 heterocycles. The minimum absolute atomic E-state index is 0.0412. The Labute approximate surface area is 211 Å². The number of amides is 1. The summed E-state index contributed by atoms with van der Waals surface area (Å²) in [6.45, 7) is 6.65. The van der Waals surface area contributed by atoms with Crippen molar-refractivity contribution in [3.8, 4) is 0 Å². The Bertz CT molecular complexity index is 1190. The standard InChI is InChI=1S/C24H29F3N6O4/c1-22(2,35)6-8-29-11-14-9-15(18(23(3,4)36)33-19(14)28)31-20(34)16-12-37-21(32-16)13-5-7-30-17(10-13)24(25,26)27/h5,7,9-12,21,28-29,32,35-36H,6,8H2,1-4H3,(H,31,34)/b14-11-,28-19?. The van der Waals surface area contributed by atoms with Crippen molar-refractivity contribution in [2.24, 2.45) is 4.99 Å². The molecular weight excluding hydrogens is 493 g/mol. The van der Waals surface area contributed by atoms with Crippen LogP contribution < -0.4 is 16.0 Å². The summed E-state index contributed by atoms with van der Waals surface area (Å²) >= 11 is 0. The molecular formula is C24H29F3N6O4. The average molecular weight is 523 g/mol. The summed E-state index contributed by atoms with van der Waals surface area (Å²) in [7, 11) is 0. The number of hydrogen-bond acceptors (Lipinski definition) is 8. The molecule has 0 saturated heterocycles. The first kappa shape index (κ1) is 27.9. The van der Waals surface area contributed by atoms with Crippen molar-refractivity contribution >= 4 is 17.5 Å². The fraction of sp³-hybridized carbons (Fsp3) is 0.417. The summed E-state index contributed by atoms with van der Waals surface area (Å²) in [6.07, 6.45) is -0.185. The van der Waals surface area contributed by atoms with Crippen LogP contribution in [0.1, 0.15) is 51.6 Å². The Morgan fingerprint density at radius 3 is 2.59 bits per heavy atom. The van der Waals surface area contributed by atoms with E-state index in [0.29, 0.717) is 18.5 Å². The lowest BCUT2D eigenvalue weighted by Crippen LogP contribution is -2.42. The minimum Gasteiger partial charge on any atom is -0.472 e. The molecule has 1 amide bonds. The second-order valence-corrected chi connectivity index (χ2v) is 9.66. The number of nitrogens with one attached hydrogen (secondary N) is 4. The van der Waals surface area contributed by atoms with Gasteiger partial charge in [-0.2, -0.15) is 13.2 Å². The van der Waals surface area contributed by atoms with Crippen LogP contribution in [0.5, 0.6) is 0 Å². The monoisotopic (exact) mass is 522 g/mol. The van der Waals surface area contributed by atoms with E-state index in [-0.39, 0.29) is 28.5 Å². The lowest BCUT2D eigenvalue weighted by Gasteiger charge is -2.26. The van der Waals surface area contributed by atoms with Crippen molar-refractivity contribution in [1.82, 2.24) is 20.9 Å². The van der Waals surface area contributed by atoms with E-state index in [2.05, 4.69) is 25.9 Å². The number of amidine groups is 1. The number of aliphatic imine (C=N–C) groups is 1. The number of aliphatic hydroxyl groups is 2. The average Bonchev–Trinajstić information content (AvgIpc) is 3.27. The number of aromatic nitrogens is 1. The summed E-state index contributed by atoms with van der Waals surface area (Å²) in [5, 5.41) is 36.9. The van der Waals surface area contributed by atoms with Gasteiger partial charge >= 0.3 is 6.18 Å². The molecule has 1 unspecified atom stereocenters. The summed E-state index contributed by atoms with van der Waals surface area (Å²) < 4.78 is 44.3. The van der Waals surface area contributed by atoms with E-state index in [1.165, 1.54) is 32.2 Å². The molecule has 3 rings (SSSR count). The smallest absolute Gasteiger partial charge is 0.433 e. The van der Waals surface area contributed by atoms with Gasteiger partial charge in [0.15, 0.2) is 12.1 Å². The SMILES string of the molecule is CC(C)(O)CCN/C=C1/C=C(NC(=O)C2=COC(c3ccnc(C(F)(F)F)c3)N2)C(C(C)(C)O)=NC1=N. The number of carbonyl (C=O) groups is 1. The molecule has 10 nitrogen and oxygen atoms in total. The molecule has 0 spiro atoms. The molecule has 2 aliphatic rings. The fourth-order valence-corrected chi connectivity index (χ4v) is 3.34. The molecule has 1 aromatic heterocycles. The third-order valence-corrected chi connectivity index (χ3v) is 5.25. The maximum atomic E-state index is 13.0. The molecule has 0 fully saturated rings. The highest BCUT2D eigenvalue weighted by atomic mass is 19.4. The predicted octanol–water partition coefficient (Wildman–Crippen LogP) is 2.40. The van der Waals surface area contributed by atoms with Crippen LogP contribution in [-0.2, 0) is 15.7 Å². The first-order valence-electron chi connectivity index (χ1n) is 11.3. The Kier molecular flexibility index (Phi) is 7.79. The molecule has 2 aliphatic heterocycles. The lowest BCUT2D eigenvalue weighted by molar-refractivity contribution is -0.141. The molecule has 1 atom stereocenters. The van der Waals surface area contributed by atoms with Gasteiger partial charge in [0.1, 0.15) is 23.3 Å². The highest BCUT2D eigenvalue weighted by Crippen LogP contribution is 2.30. The Hall–Kier alpha value is -3.71. The van der Waals surface area contributed by atoms with E-state index < -0.39 is 35.2 Å². The zero-order valence-corrected chi connectivity index (χ0v) is 20.7. The zero-order valence-electron chi connectivity index (χ0n) is 20.7. The maximum Gasteiger partial charge on any atom is 0.433 e. The number of pyridine rings is 1. The van der Waals surface area contributed by atoms with Crippen LogP contribution in [0.15, 0.2) is 58.8 Å². The molecule has 0 radical (unpaired) electrons. The van der Waals surface area contributed by atoms with Crippen LogP contribution in [0, 0.1) is 5.41 Å². The Morgan fingerprint density at radius 2 is 1.97 bits per heavy atom. The van der Waals surface area contributed by atoms with Crippen LogP contribution in [0.3, 0.4) is 0 Å². The van der Waals surface area contributed by atoms with Gasteiger partial charge in [0.05, 0.1) is 17.0 Å². The highest BCUT2D eigenvalue weighted by Gasteiger charge is 2.35. The first-order valence-corrected chi connectivity index (χ1v) is 11.3. The minimum atomic E-state index is -4.63. The molecule has 6 N–H and O–H groups in total. The maximum absolute atomic E-state index is 13.0. The van der Waals surface area contributed by atoms with E-state index in [1.807, 2.05) is 0 Å². The molecule has 0 aromatic carbocycles. The van der Waals surface area contributed by atoms with Gasteiger partial charge in [0, 0.05) is 30.1 Å². The quantitative estimate of drug-likeness (QED) is 0.287. The zero-order chi connectivity index (χ0) is 27.6. The number of ether oxygens (including phenoxy) is 1. The van der Waals surface area contributed by atoms with Crippen molar-refractivity contribution in [2.45, 2.75) is 57.7 Å². The van der Waals surface area contributed by atoms with Gasteiger partial charge in [0.2, 0.25) is 0 Å². The van der Waals surface area contributed by atoms with E-state index >= 15 is 0 Å². The van der Waals surface area contributed by atoms with E-state index in [1.54, 1.807) is 13.8 Å². The van der Waals surface area contributed by atoms with Gasteiger partial charge in [-0.05, 0) is 52.3 Å². The van der Waals surface area contributed by atoms with Crippen molar-refractivity contribution in [1.29, 1.82) is 5.41 Å². The largest absolute Gasteiger partial charge is 0.472 e. The Morgan fingerprint density at radius 1 is 1.27 bits per heavy atom. The Balaban J connectivity index is 1.75. The summed E-state index contributed by atoms with van der Waals surface area (Å²) in [4.78, 5) is 20.4. The van der Waals surface area contributed by atoms with Gasteiger partial charge in [-0.3, -0.25) is 15.2 Å². The fourth-order valence-electron chi connectivity index (χ4n) is 3.34. The molecule has 13 heteroatoms. The van der Waals surface area contributed by atoms with Crippen molar-refractivity contribution in [3.63, 3.8) is 0 Å². The number of nitrogens with zero attached hydrogens (tertiary/aromatic N) is 2. The van der Waals surface area contributed by atoms with E-state index in [9.17, 15) is 28.2 Å². The molecule has 0 saturated carbocycles. The first-order chi connectivity index (χ1) is 17.0. The van der Waals surface area contributed by atoms with Crippen molar-refractivity contribution in [3.05, 3.63) is 65.1 Å². The van der Waals surface area contributed by atoms with E-state index in [0.717, 1.165) is 18.5 Å². The topological polar surface area (TPSA) is 152 Å². The van der Waals surface area contributed by atoms with Gasteiger partial charge in [-0.1, -0.05) is 0 Å². The normalized spacial score (nSPS) is 19.5. The molecule has 0 aliphatic carbocycles. The lowest BCUT2D eigenvalue weighted by atomic mass is 9.95. The van der Waals surface area contributed by atoms with Gasteiger partial charge in [-0.25, -0.2) is 4.99 Å².